The molecule has 1 aromatic heterocycles. The smallest absolute Gasteiger partial charge is 0.309 e. The average molecular weight is 250 g/mol. The number of carbonyl (C=O) groups is 1. The maximum Gasteiger partial charge on any atom is 0.309 e. The van der Waals surface area contributed by atoms with Crippen LogP contribution in [0, 0.1) is 5.92 Å². The summed E-state index contributed by atoms with van der Waals surface area (Å²) in [5, 5.41) is 0.835. The molecule has 0 amide bonds. The van der Waals surface area contributed by atoms with Gasteiger partial charge < -0.3 is 9.72 Å². The topological polar surface area (TPSA) is 55.0 Å². The average Bonchev–Trinajstić information content (AvgIpc) is 2.77. The Balaban J connectivity index is 2.01. The van der Waals surface area contributed by atoms with Gasteiger partial charge in [-0.3, -0.25) is 4.79 Å². The maximum atomic E-state index is 11.2. The van der Waals surface area contributed by atoms with Crippen molar-refractivity contribution in [2.45, 2.75) is 12.1 Å². The molecule has 0 saturated carbocycles. The van der Waals surface area contributed by atoms with Crippen LogP contribution in [-0.4, -0.2) is 28.8 Å². The van der Waals surface area contributed by atoms with E-state index in [4.69, 9.17) is 0 Å². The van der Waals surface area contributed by atoms with Gasteiger partial charge in [0, 0.05) is 5.75 Å². The summed E-state index contributed by atoms with van der Waals surface area (Å²) in [4.78, 5) is 18.9. The van der Waals surface area contributed by atoms with E-state index in [1.54, 1.807) is 0 Å². The van der Waals surface area contributed by atoms with Gasteiger partial charge in [-0.15, -0.1) is 0 Å². The second kappa shape index (κ2) is 5.23. The van der Waals surface area contributed by atoms with E-state index in [2.05, 4.69) is 14.7 Å². The number of fused-ring (bicyclic) bond motifs is 1. The fraction of sp³-hybridized carbons (Fsp3) is 0.333. The van der Waals surface area contributed by atoms with Crippen LogP contribution in [0.3, 0.4) is 0 Å². The molecule has 1 heterocycles. The number of imidazole rings is 1. The summed E-state index contributed by atoms with van der Waals surface area (Å²) in [6, 6.07) is 7.86. The van der Waals surface area contributed by atoms with Gasteiger partial charge in [0.1, 0.15) is 0 Å². The van der Waals surface area contributed by atoms with Gasteiger partial charge in [0.2, 0.25) is 0 Å². The highest BCUT2D eigenvalue weighted by molar-refractivity contribution is 7.99. The molecular weight excluding hydrogens is 236 g/mol. The van der Waals surface area contributed by atoms with Gasteiger partial charge in [0.25, 0.3) is 0 Å². The molecule has 0 aliphatic rings. The maximum absolute atomic E-state index is 11.2. The quantitative estimate of drug-likeness (QED) is 0.669. The molecule has 0 saturated heterocycles. The monoisotopic (exact) mass is 250 g/mol. The lowest BCUT2D eigenvalue weighted by Gasteiger charge is -2.06. The molecule has 2 aromatic rings. The SMILES string of the molecule is COC(=O)C(C)CSc1nc2ccccc2[nH]1. The predicted molar refractivity (Wildman–Crippen MR) is 68.0 cm³/mol. The van der Waals surface area contributed by atoms with Crippen molar-refractivity contribution in [2.24, 2.45) is 5.92 Å². The number of aromatic amines is 1. The summed E-state index contributed by atoms with van der Waals surface area (Å²) in [6.07, 6.45) is 0. The number of thioether (sulfide) groups is 1. The van der Waals surface area contributed by atoms with Crippen LogP contribution < -0.4 is 0 Å². The number of H-pyrrole nitrogens is 1. The highest BCUT2D eigenvalue weighted by atomic mass is 32.2. The van der Waals surface area contributed by atoms with Crippen LogP contribution in [0.5, 0.6) is 0 Å². The third-order valence-corrected chi connectivity index (χ3v) is 3.57. The number of nitrogens with zero attached hydrogens (tertiary/aromatic N) is 1. The standard InChI is InChI=1S/C12H14N2O2S/c1-8(11(15)16-2)7-17-12-13-9-5-3-4-6-10(9)14-12/h3-6,8H,7H2,1-2H3,(H,13,14). The van der Waals surface area contributed by atoms with E-state index in [-0.39, 0.29) is 11.9 Å². The molecule has 5 heteroatoms. The van der Waals surface area contributed by atoms with E-state index >= 15 is 0 Å². The number of esters is 1. The molecule has 0 aliphatic heterocycles. The number of nitrogens with one attached hydrogen (secondary N) is 1. The molecule has 0 spiro atoms. The number of hydrogen-bond donors (Lipinski definition) is 1. The van der Waals surface area contributed by atoms with Crippen molar-refractivity contribution < 1.29 is 9.53 Å². The molecule has 1 unspecified atom stereocenters. The highest BCUT2D eigenvalue weighted by Gasteiger charge is 2.14. The van der Waals surface area contributed by atoms with Crippen molar-refractivity contribution >= 4 is 28.8 Å². The molecule has 17 heavy (non-hydrogen) atoms. The van der Waals surface area contributed by atoms with Crippen molar-refractivity contribution in [3.8, 4) is 0 Å². The van der Waals surface area contributed by atoms with Crippen LogP contribution in [0.25, 0.3) is 11.0 Å². The molecule has 1 N–H and O–H groups in total. The second-order valence-electron chi connectivity index (χ2n) is 3.79. The Bertz CT molecular complexity index is 491. The zero-order chi connectivity index (χ0) is 12.3. The Morgan fingerprint density at radius 1 is 1.53 bits per heavy atom. The van der Waals surface area contributed by atoms with Gasteiger partial charge in [0.05, 0.1) is 24.1 Å². The van der Waals surface area contributed by atoms with Crippen LogP contribution >= 0.6 is 11.8 Å². The van der Waals surface area contributed by atoms with E-state index in [9.17, 15) is 4.79 Å². The molecule has 0 radical (unpaired) electrons. The largest absolute Gasteiger partial charge is 0.469 e. The fourth-order valence-electron chi connectivity index (χ4n) is 1.47. The molecule has 0 fully saturated rings. The lowest BCUT2D eigenvalue weighted by Crippen LogP contribution is -2.14. The first-order valence-corrected chi connectivity index (χ1v) is 6.34. The first-order valence-electron chi connectivity index (χ1n) is 5.36. The van der Waals surface area contributed by atoms with Crippen molar-refractivity contribution in [2.75, 3.05) is 12.9 Å². The Morgan fingerprint density at radius 2 is 2.29 bits per heavy atom. The Morgan fingerprint density at radius 3 is 3.00 bits per heavy atom. The number of carbonyl (C=O) groups excluding carboxylic acids is 1. The van der Waals surface area contributed by atoms with Crippen LogP contribution in [0.15, 0.2) is 29.4 Å². The minimum absolute atomic E-state index is 0.127. The van der Waals surface area contributed by atoms with Gasteiger partial charge in [0.15, 0.2) is 5.16 Å². The van der Waals surface area contributed by atoms with Crippen LogP contribution in [0.4, 0.5) is 0 Å². The zero-order valence-electron chi connectivity index (χ0n) is 9.77. The van der Waals surface area contributed by atoms with E-state index in [0.717, 1.165) is 16.2 Å². The summed E-state index contributed by atoms with van der Waals surface area (Å²) in [6.45, 7) is 1.85. The first-order chi connectivity index (χ1) is 8.20. The third-order valence-electron chi connectivity index (χ3n) is 2.44. The van der Waals surface area contributed by atoms with Crippen molar-refractivity contribution in [1.82, 2.24) is 9.97 Å². The minimum atomic E-state index is -0.186. The summed E-state index contributed by atoms with van der Waals surface area (Å²) in [7, 11) is 1.41. The Hall–Kier alpha value is -1.49. The number of benzene rings is 1. The highest BCUT2D eigenvalue weighted by Crippen LogP contribution is 2.21. The Labute approximate surface area is 104 Å². The predicted octanol–water partition coefficient (Wildman–Crippen LogP) is 2.46. The van der Waals surface area contributed by atoms with Crippen LogP contribution in [0.2, 0.25) is 0 Å². The number of hydrogen-bond acceptors (Lipinski definition) is 4. The third kappa shape index (κ3) is 2.79. The number of rotatable bonds is 4. The van der Waals surface area contributed by atoms with Gasteiger partial charge in [-0.05, 0) is 12.1 Å². The van der Waals surface area contributed by atoms with Gasteiger partial charge in [-0.2, -0.15) is 0 Å². The Kier molecular flexibility index (Phi) is 3.68. The number of methoxy groups -OCH3 is 1. The molecule has 4 nitrogen and oxygen atoms in total. The van der Waals surface area contributed by atoms with Gasteiger partial charge >= 0.3 is 5.97 Å². The van der Waals surface area contributed by atoms with Crippen molar-refractivity contribution in [1.29, 1.82) is 0 Å². The van der Waals surface area contributed by atoms with Crippen LogP contribution in [-0.2, 0) is 9.53 Å². The molecular formula is C12H14N2O2S. The van der Waals surface area contributed by atoms with Gasteiger partial charge in [-0.1, -0.05) is 30.8 Å². The lowest BCUT2D eigenvalue weighted by molar-refractivity contribution is -0.143. The lowest BCUT2D eigenvalue weighted by atomic mass is 10.2. The summed E-state index contributed by atoms with van der Waals surface area (Å²) in [5.74, 6) is 0.346. The molecule has 90 valence electrons. The molecule has 0 bridgehead atoms. The number of ether oxygens (including phenoxy) is 1. The minimum Gasteiger partial charge on any atom is -0.469 e. The first kappa shape index (κ1) is 12.0. The van der Waals surface area contributed by atoms with E-state index in [0.29, 0.717) is 5.75 Å². The summed E-state index contributed by atoms with van der Waals surface area (Å²) in [5.41, 5.74) is 1.96. The second-order valence-corrected chi connectivity index (χ2v) is 4.80. The molecule has 1 aromatic carbocycles. The van der Waals surface area contributed by atoms with E-state index in [1.807, 2.05) is 31.2 Å². The van der Waals surface area contributed by atoms with E-state index in [1.165, 1.54) is 18.9 Å². The van der Waals surface area contributed by atoms with Gasteiger partial charge in [-0.25, -0.2) is 4.98 Å². The summed E-state index contributed by atoms with van der Waals surface area (Å²) >= 11 is 1.53. The zero-order valence-corrected chi connectivity index (χ0v) is 10.6. The molecule has 0 aliphatic carbocycles. The fourth-order valence-corrected chi connectivity index (χ4v) is 2.36. The summed E-state index contributed by atoms with van der Waals surface area (Å²) < 4.78 is 4.68. The number of para-hydroxylation sites is 2. The molecule has 2 rings (SSSR count). The normalized spacial score (nSPS) is 12.6. The molecule has 1 atom stereocenters. The van der Waals surface area contributed by atoms with Crippen molar-refractivity contribution in [3.05, 3.63) is 24.3 Å². The van der Waals surface area contributed by atoms with Crippen molar-refractivity contribution in [3.63, 3.8) is 0 Å². The van der Waals surface area contributed by atoms with E-state index < -0.39 is 0 Å². The van der Waals surface area contributed by atoms with Crippen LogP contribution in [0.1, 0.15) is 6.92 Å². The number of aromatic nitrogens is 2.